The summed E-state index contributed by atoms with van der Waals surface area (Å²) in [6, 6.07) is 15.7. The molecule has 1 amide bonds. The molecule has 1 atom stereocenters. The maximum atomic E-state index is 12.8. The van der Waals surface area contributed by atoms with Gasteiger partial charge in [-0.25, -0.2) is 9.67 Å². The summed E-state index contributed by atoms with van der Waals surface area (Å²) in [6.07, 6.45) is 0. The summed E-state index contributed by atoms with van der Waals surface area (Å²) in [4.78, 5) is 29.7. The van der Waals surface area contributed by atoms with Crippen molar-refractivity contribution < 1.29 is 9.53 Å². The van der Waals surface area contributed by atoms with Gasteiger partial charge in [0.1, 0.15) is 11.8 Å². The molecular weight excluding hydrogens is 412 g/mol. The first-order valence-corrected chi connectivity index (χ1v) is 10.8. The fourth-order valence-corrected chi connectivity index (χ4v) is 4.01. The number of amides is 1. The molecule has 0 aliphatic heterocycles. The number of rotatable bonds is 6. The number of aryl methyl sites for hydroxylation is 1. The largest absolute Gasteiger partial charge is 0.494 e. The first-order valence-electron chi connectivity index (χ1n) is 9.96. The number of hydrogen-bond acceptors (Lipinski definition) is 6. The van der Waals surface area contributed by atoms with Gasteiger partial charge in [-0.05, 0) is 45.0 Å². The van der Waals surface area contributed by atoms with Gasteiger partial charge >= 0.3 is 0 Å². The van der Waals surface area contributed by atoms with Gasteiger partial charge in [-0.2, -0.15) is 5.10 Å². The van der Waals surface area contributed by atoms with E-state index in [1.54, 1.807) is 13.0 Å². The molecule has 0 fully saturated rings. The Balaban J connectivity index is 1.56. The predicted octanol–water partition coefficient (Wildman–Crippen LogP) is 4.43. The number of thiazole rings is 1. The minimum Gasteiger partial charge on any atom is -0.494 e. The Morgan fingerprint density at radius 3 is 2.68 bits per heavy atom. The highest BCUT2D eigenvalue weighted by Gasteiger charge is 2.20. The van der Waals surface area contributed by atoms with Crippen molar-refractivity contribution in [1.82, 2.24) is 14.8 Å². The van der Waals surface area contributed by atoms with Crippen molar-refractivity contribution in [2.45, 2.75) is 26.8 Å². The molecule has 2 aromatic carbocycles. The van der Waals surface area contributed by atoms with Crippen molar-refractivity contribution in [2.75, 3.05) is 11.9 Å². The molecule has 4 rings (SSSR count). The van der Waals surface area contributed by atoms with Crippen LogP contribution in [0.15, 0.2) is 59.4 Å². The molecule has 7 nitrogen and oxygen atoms in total. The number of anilines is 1. The lowest BCUT2D eigenvalue weighted by Gasteiger charge is -2.14. The molecule has 0 saturated carbocycles. The second-order valence-electron chi connectivity index (χ2n) is 7.11. The number of carbonyl (C=O) groups is 1. The zero-order valence-corrected chi connectivity index (χ0v) is 18.3. The third-order valence-electron chi connectivity index (χ3n) is 4.82. The average molecular weight is 435 g/mol. The average Bonchev–Trinajstić information content (AvgIpc) is 3.16. The van der Waals surface area contributed by atoms with Crippen molar-refractivity contribution in [2.24, 2.45) is 0 Å². The Bertz CT molecular complexity index is 1290. The SMILES string of the molecule is CCOc1ccc2nc(NC(=O)C(C)n3nc(-c4ccc(C)cc4)ccc3=O)sc2c1. The number of benzene rings is 2. The molecule has 31 heavy (non-hydrogen) atoms. The minimum atomic E-state index is -0.802. The Hall–Kier alpha value is -3.52. The van der Waals surface area contributed by atoms with E-state index < -0.39 is 6.04 Å². The van der Waals surface area contributed by atoms with Gasteiger partial charge in [-0.15, -0.1) is 0 Å². The number of hydrogen-bond donors (Lipinski definition) is 1. The van der Waals surface area contributed by atoms with E-state index in [0.717, 1.165) is 27.1 Å². The van der Waals surface area contributed by atoms with E-state index in [1.807, 2.05) is 56.3 Å². The molecule has 158 valence electrons. The van der Waals surface area contributed by atoms with Crippen LogP contribution in [-0.4, -0.2) is 27.3 Å². The first kappa shape index (κ1) is 20.7. The van der Waals surface area contributed by atoms with Gasteiger partial charge < -0.3 is 10.1 Å². The van der Waals surface area contributed by atoms with Crippen LogP contribution in [0.2, 0.25) is 0 Å². The zero-order chi connectivity index (χ0) is 22.0. The summed E-state index contributed by atoms with van der Waals surface area (Å²) in [5.41, 5.74) is 3.07. The van der Waals surface area contributed by atoms with Crippen molar-refractivity contribution in [3.8, 4) is 17.0 Å². The third kappa shape index (κ3) is 4.49. The lowest BCUT2D eigenvalue weighted by atomic mass is 10.1. The topological polar surface area (TPSA) is 86.1 Å². The highest BCUT2D eigenvalue weighted by atomic mass is 32.1. The molecule has 0 saturated heterocycles. The second kappa shape index (κ2) is 8.69. The van der Waals surface area contributed by atoms with Crippen molar-refractivity contribution in [1.29, 1.82) is 0 Å². The molecule has 8 heteroatoms. The van der Waals surface area contributed by atoms with Gasteiger partial charge in [-0.1, -0.05) is 41.2 Å². The number of ether oxygens (including phenoxy) is 1. The third-order valence-corrected chi connectivity index (χ3v) is 5.75. The number of nitrogens with zero attached hydrogens (tertiary/aromatic N) is 3. The first-order chi connectivity index (χ1) is 14.9. The molecule has 1 N–H and O–H groups in total. The monoisotopic (exact) mass is 434 g/mol. The maximum Gasteiger partial charge on any atom is 0.267 e. The molecule has 0 aliphatic carbocycles. The van der Waals surface area contributed by atoms with E-state index in [2.05, 4.69) is 15.4 Å². The van der Waals surface area contributed by atoms with Gasteiger partial charge in [0.25, 0.3) is 11.5 Å². The smallest absolute Gasteiger partial charge is 0.267 e. The molecular formula is C23H22N4O3S. The van der Waals surface area contributed by atoms with Crippen LogP contribution in [0.25, 0.3) is 21.5 Å². The van der Waals surface area contributed by atoms with Crippen molar-refractivity contribution >= 4 is 32.6 Å². The Morgan fingerprint density at radius 2 is 1.94 bits per heavy atom. The fourth-order valence-electron chi connectivity index (χ4n) is 3.12. The summed E-state index contributed by atoms with van der Waals surface area (Å²) in [5.74, 6) is 0.397. The Kier molecular flexibility index (Phi) is 5.81. The van der Waals surface area contributed by atoms with Crippen molar-refractivity contribution in [3.63, 3.8) is 0 Å². The molecule has 0 aliphatic rings. The predicted molar refractivity (Wildman–Crippen MR) is 123 cm³/mol. The molecule has 0 spiro atoms. The van der Waals surface area contributed by atoms with E-state index in [4.69, 9.17) is 4.74 Å². The molecule has 2 heterocycles. The van der Waals surface area contributed by atoms with Gasteiger partial charge in [0.15, 0.2) is 5.13 Å². The van der Waals surface area contributed by atoms with Crippen LogP contribution in [0.4, 0.5) is 5.13 Å². The van der Waals surface area contributed by atoms with Crippen LogP contribution in [-0.2, 0) is 4.79 Å². The van der Waals surface area contributed by atoms with Gasteiger partial charge in [0.05, 0.1) is 22.5 Å². The van der Waals surface area contributed by atoms with E-state index in [9.17, 15) is 9.59 Å². The van der Waals surface area contributed by atoms with Crippen LogP contribution < -0.4 is 15.6 Å². The Morgan fingerprint density at radius 1 is 1.16 bits per heavy atom. The van der Waals surface area contributed by atoms with Gasteiger partial charge in [0, 0.05) is 11.6 Å². The number of nitrogens with one attached hydrogen (secondary N) is 1. The van der Waals surface area contributed by atoms with Gasteiger partial charge in [0.2, 0.25) is 0 Å². The number of fused-ring (bicyclic) bond motifs is 1. The van der Waals surface area contributed by atoms with Crippen LogP contribution >= 0.6 is 11.3 Å². The summed E-state index contributed by atoms with van der Waals surface area (Å²) in [5, 5.41) is 7.68. The normalized spacial score (nSPS) is 12.0. The molecule has 0 radical (unpaired) electrons. The van der Waals surface area contributed by atoms with Crippen molar-refractivity contribution in [3.05, 3.63) is 70.5 Å². The molecule has 0 bridgehead atoms. The van der Waals surface area contributed by atoms with E-state index in [1.165, 1.54) is 22.1 Å². The quantitative estimate of drug-likeness (QED) is 0.485. The lowest BCUT2D eigenvalue weighted by molar-refractivity contribution is -0.119. The van der Waals surface area contributed by atoms with E-state index in [0.29, 0.717) is 17.4 Å². The van der Waals surface area contributed by atoms with Crippen LogP contribution in [0.1, 0.15) is 25.5 Å². The summed E-state index contributed by atoms with van der Waals surface area (Å²) < 4.78 is 7.62. The van der Waals surface area contributed by atoms with E-state index in [-0.39, 0.29) is 11.5 Å². The van der Waals surface area contributed by atoms with Gasteiger partial charge in [-0.3, -0.25) is 9.59 Å². The highest BCUT2D eigenvalue weighted by Crippen LogP contribution is 2.29. The summed E-state index contributed by atoms with van der Waals surface area (Å²) in [7, 11) is 0. The minimum absolute atomic E-state index is 0.343. The van der Waals surface area contributed by atoms with Crippen LogP contribution in [0, 0.1) is 6.92 Å². The van der Waals surface area contributed by atoms with Crippen LogP contribution in [0.5, 0.6) is 5.75 Å². The van der Waals surface area contributed by atoms with E-state index >= 15 is 0 Å². The standard InChI is InChI=1S/C23H22N4O3S/c1-4-30-17-9-10-19-20(13-17)31-23(24-19)25-22(29)15(3)27-21(28)12-11-18(26-27)16-7-5-14(2)6-8-16/h5-13,15H,4H2,1-3H3,(H,24,25,29). The summed E-state index contributed by atoms with van der Waals surface area (Å²) >= 11 is 1.35. The number of carbonyl (C=O) groups excluding carboxylic acids is 1. The highest BCUT2D eigenvalue weighted by molar-refractivity contribution is 7.22. The number of aromatic nitrogens is 3. The fraction of sp³-hybridized carbons (Fsp3) is 0.217. The summed E-state index contributed by atoms with van der Waals surface area (Å²) in [6.45, 7) is 6.15. The Labute approximate surface area is 183 Å². The molecule has 2 aromatic heterocycles. The molecule has 1 unspecified atom stereocenters. The zero-order valence-electron chi connectivity index (χ0n) is 17.5. The lowest BCUT2D eigenvalue weighted by Crippen LogP contribution is -2.33. The second-order valence-corrected chi connectivity index (χ2v) is 8.14. The van der Waals surface area contributed by atoms with Crippen LogP contribution in [0.3, 0.4) is 0 Å². The molecule has 4 aromatic rings. The maximum absolute atomic E-state index is 12.8.